The van der Waals surface area contributed by atoms with E-state index in [0.717, 1.165) is 13.1 Å². The van der Waals surface area contributed by atoms with E-state index in [0.29, 0.717) is 5.41 Å². The average Bonchev–Trinajstić information content (AvgIpc) is 2.88. The fourth-order valence-electron chi connectivity index (χ4n) is 3.47. The maximum absolute atomic E-state index is 4.09. The summed E-state index contributed by atoms with van der Waals surface area (Å²) in [7, 11) is 2.25. The van der Waals surface area contributed by atoms with Crippen LogP contribution in [0.2, 0.25) is 0 Å². The van der Waals surface area contributed by atoms with Gasteiger partial charge in [0.15, 0.2) is 0 Å². The number of aromatic nitrogens is 1. The van der Waals surface area contributed by atoms with Gasteiger partial charge in [0.25, 0.3) is 0 Å². The molecule has 1 aliphatic carbocycles. The van der Waals surface area contributed by atoms with Gasteiger partial charge in [-0.1, -0.05) is 19.8 Å². The first-order chi connectivity index (χ1) is 9.74. The van der Waals surface area contributed by atoms with Crippen LogP contribution in [-0.2, 0) is 6.54 Å². The molecule has 1 N–H and O–H groups in total. The minimum absolute atomic E-state index is 0.497. The lowest BCUT2D eigenvalue weighted by atomic mass is 9.85. The predicted octanol–water partition coefficient (Wildman–Crippen LogP) is 3.07. The molecule has 0 bridgehead atoms. The van der Waals surface area contributed by atoms with Crippen LogP contribution in [0.25, 0.3) is 0 Å². The van der Waals surface area contributed by atoms with Crippen LogP contribution in [0.15, 0.2) is 24.5 Å². The number of rotatable bonds is 8. The highest BCUT2D eigenvalue weighted by Crippen LogP contribution is 2.38. The highest BCUT2D eigenvalue weighted by Gasteiger charge is 2.34. The van der Waals surface area contributed by atoms with Crippen molar-refractivity contribution in [3.63, 3.8) is 0 Å². The quantitative estimate of drug-likeness (QED) is 0.739. The molecule has 0 aromatic carbocycles. The van der Waals surface area contributed by atoms with E-state index in [2.05, 4.69) is 41.3 Å². The zero-order valence-electron chi connectivity index (χ0n) is 13.1. The lowest BCUT2D eigenvalue weighted by molar-refractivity contribution is 0.168. The van der Waals surface area contributed by atoms with Crippen LogP contribution < -0.4 is 5.32 Å². The number of nitrogens with one attached hydrogen (secondary N) is 1. The molecule has 0 amide bonds. The molecule has 0 radical (unpaired) electrons. The number of nitrogens with zero attached hydrogens (tertiary/aromatic N) is 2. The maximum Gasteiger partial charge on any atom is 0.0271 e. The van der Waals surface area contributed by atoms with Gasteiger partial charge in [-0.3, -0.25) is 4.98 Å². The molecule has 3 nitrogen and oxygen atoms in total. The summed E-state index contributed by atoms with van der Waals surface area (Å²) >= 11 is 0. The van der Waals surface area contributed by atoms with E-state index in [1.54, 1.807) is 0 Å². The van der Waals surface area contributed by atoms with Crippen molar-refractivity contribution in [1.82, 2.24) is 15.2 Å². The summed E-state index contributed by atoms with van der Waals surface area (Å²) in [4.78, 5) is 6.57. The van der Waals surface area contributed by atoms with Gasteiger partial charge in [0, 0.05) is 32.0 Å². The van der Waals surface area contributed by atoms with E-state index in [4.69, 9.17) is 0 Å². The third-order valence-electron chi connectivity index (χ3n) is 4.40. The molecule has 3 heteroatoms. The zero-order chi connectivity index (χ0) is 14.3. The summed E-state index contributed by atoms with van der Waals surface area (Å²) in [6, 6.07) is 4.24. The second-order valence-corrected chi connectivity index (χ2v) is 6.41. The van der Waals surface area contributed by atoms with Gasteiger partial charge in [-0.05, 0) is 56.0 Å². The van der Waals surface area contributed by atoms with Gasteiger partial charge in [0.1, 0.15) is 0 Å². The first-order valence-electron chi connectivity index (χ1n) is 8.02. The molecule has 1 saturated carbocycles. The molecule has 1 aromatic heterocycles. The van der Waals surface area contributed by atoms with E-state index in [1.165, 1.54) is 50.8 Å². The third kappa shape index (κ3) is 4.57. The van der Waals surface area contributed by atoms with Gasteiger partial charge in [0.05, 0.1) is 0 Å². The molecule has 0 spiro atoms. The Balaban J connectivity index is 1.87. The fraction of sp³-hybridized carbons (Fsp3) is 0.706. The molecule has 1 heterocycles. The average molecular weight is 275 g/mol. The van der Waals surface area contributed by atoms with Crippen LogP contribution in [0.3, 0.4) is 0 Å². The molecule has 0 unspecified atom stereocenters. The maximum atomic E-state index is 4.09. The first kappa shape index (κ1) is 15.5. The lowest BCUT2D eigenvalue weighted by Gasteiger charge is -2.34. The predicted molar refractivity (Wildman–Crippen MR) is 84.6 cm³/mol. The summed E-state index contributed by atoms with van der Waals surface area (Å²) in [5.41, 5.74) is 1.86. The molecule has 2 rings (SSSR count). The Morgan fingerprint density at radius 1 is 1.25 bits per heavy atom. The van der Waals surface area contributed by atoms with Crippen molar-refractivity contribution in [2.75, 3.05) is 26.7 Å². The van der Waals surface area contributed by atoms with Crippen molar-refractivity contribution in [3.8, 4) is 0 Å². The van der Waals surface area contributed by atoms with E-state index in [9.17, 15) is 0 Å². The number of hydrogen-bond acceptors (Lipinski definition) is 3. The summed E-state index contributed by atoms with van der Waals surface area (Å²) in [6.45, 7) is 6.80. The summed E-state index contributed by atoms with van der Waals surface area (Å²) in [6.07, 6.45) is 10.6. The SMILES string of the molecule is CCCNCC1(CN(C)Cc2ccncc2)CCCC1. The normalized spacial score (nSPS) is 17.8. The minimum atomic E-state index is 0.497. The van der Waals surface area contributed by atoms with Gasteiger partial charge in [-0.25, -0.2) is 0 Å². The van der Waals surface area contributed by atoms with E-state index in [-0.39, 0.29) is 0 Å². The molecule has 1 aliphatic rings. The third-order valence-corrected chi connectivity index (χ3v) is 4.40. The highest BCUT2D eigenvalue weighted by atomic mass is 15.1. The van der Waals surface area contributed by atoms with Crippen molar-refractivity contribution < 1.29 is 0 Å². The van der Waals surface area contributed by atoms with Crippen molar-refractivity contribution in [2.45, 2.75) is 45.6 Å². The van der Waals surface area contributed by atoms with E-state index >= 15 is 0 Å². The largest absolute Gasteiger partial charge is 0.316 e. The Bertz CT molecular complexity index is 371. The number of hydrogen-bond donors (Lipinski definition) is 1. The molecule has 20 heavy (non-hydrogen) atoms. The summed E-state index contributed by atoms with van der Waals surface area (Å²) in [5.74, 6) is 0. The van der Waals surface area contributed by atoms with Crippen molar-refractivity contribution in [2.24, 2.45) is 5.41 Å². The Morgan fingerprint density at radius 2 is 1.95 bits per heavy atom. The van der Waals surface area contributed by atoms with E-state index < -0.39 is 0 Å². The summed E-state index contributed by atoms with van der Waals surface area (Å²) < 4.78 is 0. The molecule has 0 atom stereocenters. The van der Waals surface area contributed by atoms with Gasteiger partial charge in [-0.15, -0.1) is 0 Å². The second kappa shape index (κ2) is 7.75. The second-order valence-electron chi connectivity index (χ2n) is 6.41. The van der Waals surface area contributed by atoms with Crippen molar-refractivity contribution >= 4 is 0 Å². The van der Waals surface area contributed by atoms with Gasteiger partial charge < -0.3 is 10.2 Å². The minimum Gasteiger partial charge on any atom is -0.316 e. The molecular weight excluding hydrogens is 246 g/mol. The fourth-order valence-corrected chi connectivity index (χ4v) is 3.47. The van der Waals surface area contributed by atoms with Gasteiger partial charge in [0.2, 0.25) is 0 Å². The van der Waals surface area contributed by atoms with Crippen molar-refractivity contribution in [3.05, 3.63) is 30.1 Å². The standard InChI is InChI=1S/C17H29N3/c1-3-10-19-14-17(8-4-5-9-17)15-20(2)13-16-6-11-18-12-7-16/h6-7,11-12,19H,3-5,8-10,13-15H2,1-2H3. The molecule has 0 saturated heterocycles. The van der Waals surface area contributed by atoms with Gasteiger partial charge >= 0.3 is 0 Å². The lowest BCUT2D eigenvalue weighted by Crippen LogP contribution is -2.41. The monoisotopic (exact) mass is 275 g/mol. The highest BCUT2D eigenvalue weighted by molar-refractivity contribution is 5.09. The van der Waals surface area contributed by atoms with Crippen LogP contribution in [0, 0.1) is 5.41 Å². The van der Waals surface area contributed by atoms with Crippen molar-refractivity contribution in [1.29, 1.82) is 0 Å². The zero-order valence-corrected chi connectivity index (χ0v) is 13.1. The van der Waals surface area contributed by atoms with Crippen LogP contribution in [0.4, 0.5) is 0 Å². The Morgan fingerprint density at radius 3 is 2.60 bits per heavy atom. The molecule has 0 aliphatic heterocycles. The number of pyridine rings is 1. The molecule has 1 aromatic rings. The molecular formula is C17H29N3. The van der Waals surface area contributed by atoms with Crippen LogP contribution in [0.5, 0.6) is 0 Å². The molecule has 112 valence electrons. The first-order valence-corrected chi connectivity index (χ1v) is 8.02. The Labute approximate surface area is 123 Å². The summed E-state index contributed by atoms with van der Waals surface area (Å²) in [5, 5.41) is 3.65. The van der Waals surface area contributed by atoms with E-state index in [1.807, 2.05) is 12.4 Å². The van der Waals surface area contributed by atoms with Gasteiger partial charge in [-0.2, -0.15) is 0 Å². The molecule has 1 fully saturated rings. The smallest absolute Gasteiger partial charge is 0.0271 e. The Hall–Kier alpha value is -0.930. The van der Waals surface area contributed by atoms with Crippen LogP contribution in [-0.4, -0.2) is 36.6 Å². The van der Waals surface area contributed by atoms with Crippen LogP contribution >= 0.6 is 0 Å². The van der Waals surface area contributed by atoms with Crippen LogP contribution in [0.1, 0.15) is 44.6 Å². The Kier molecular flexibility index (Phi) is 5.99. The topological polar surface area (TPSA) is 28.2 Å².